The minimum absolute atomic E-state index is 0.0234. The molecule has 1 unspecified atom stereocenters. The van der Waals surface area contributed by atoms with Gasteiger partial charge in [-0.1, -0.05) is 26.0 Å². The van der Waals surface area contributed by atoms with Gasteiger partial charge in [0, 0.05) is 18.6 Å². The number of fused-ring (bicyclic) bond motifs is 1. The molecular formula is C23H24FN5O. The number of methoxy groups -OCH3 is 1. The number of hydrogen-bond donors (Lipinski definition) is 1. The molecule has 2 aromatic heterocycles. The molecule has 1 N–H and O–H groups in total. The van der Waals surface area contributed by atoms with Gasteiger partial charge < -0.3 is 14.6 Å². The predicted molar refractivity (Wildman–Crippen MR) is 116 cm³/mol. The number of benzene rings is 2. The number of aryl methyl sites for hydroxylation is 1. The summed E-state index contributed by atoms with van der Waals surface area (Å²) in [5.74, 6) is 1.35. The zero-order valence-corrected chi connectivity index (χ0v) is 17.4. The quantitative estimate of drug-likeness (QED) is 0.490. The number of imidazole rings is 1. The van der Waals surface area contributed by atoms with Gasteiger partial charge in [0.1, 0.15) is 29.2 Å². The number of ether oxygens (including phenoxy) is 1. The molecule has 0 saturated carbocycles. The van der Waals surface area contributed by atoms with E-state index in [1.807, 2.05) is 29.9 Å². The number of halogens is 1. The number of aromatic nitrogens is 4. The van der Waals surface area contributed by atoms with Crippen molar-refractivity contribution in [1.82, 2.24) is 19.5 Å². The van der Waals surface area contributed by atoms with Crippen LogP contribution in [0.4, 0.5) is 10.2 Å². The standard InChI is InChI=1S/C23H24FN5O/c1-14(2)21(19-11-29(3)13-27-19)28-23-18-9-16(15-5-7-17(24)8-6-15)10-20(30-4)22(18)25-12-26-23/h5-14,21H,1-4H3,(H,25,26,28). The molecule has 0 radical (unpaired) electrons. The van der Waals surface area contributed by atoms with Gasteiger partial charge in [-0.25, -0.2) is 19.3 Å². The van der Waals surface area contributed by atoms with Crippen LogP contribution in [0.3, 0.4) is 0 Å². The minimum atomic E-state index is -0.271. The van der Waals surface area contributed by atoms with Gasteiger partial charge in [0.2, 0.25) is 0 Å². The Hall–Kier alpha value is -3.48. The second-order valence-electron chi connectivity index (χ2n) is 7.63. The van der Waals surface area contributed by atoms with Crippen molar-refractivity contribution in [2.75, 3.05) is 12.4 Å². The van der Waals surface area contributed by atoms with E-state index in [1.54, 1.807) is 25.6 Å². The van der Waals surface area contributed by atoms with E-state index < -0.39 is 0 Å². The Morgan fingerprint density at radius 3 is 2.43 bits per heavy atom. The molecule has 0 aliphatic heterocycles. The van der Waals surface area contributed by atoms with Gasteiger partial charge in [-0.3, -0.25) is 0 Å². The molecule has 0 fully saturated rings. The first-order chi connectivity index (χ1) is 14.5. The van der Waals surface area contributed by atoms with E-state index in [4.69, 9.17) is 4.74 Å². The summed E-state index contributed by atoms with van der Waals surface area (Å²) < 4.78 is 20.9. The lowest BCUT2D eigenvalue weighted by Crippen LogP contribution is -2.18. The first-order valence-corrected chi connectivity index (χ1v) is 9.79. The van der Waals surface area contributed by atoms with Crippen molar-refractivity contribution >= 4 is 16.7 Å². The first-order valence-electron chi connectivity index (χ1n) is 9.79. The molecule has 0 aliphatic rings. The maximum Gasteiger partial charge on any atom is 0.145 e. The lowest BCUT2D eigenvalue weighted by atomic mass is 10.00. The molecule has 6 nitrogen and oxygen atoms in total. The van der Waals surface area contributed by atoms with Crippen molar-refractivity contribution in [2.24, 2.45) is 13.0 Å². The Morgan fingerprint density at radius 2 is 1.80 bits per heavy atom. The summed E-state index contributed by atoms with van der Waals surface area (Å²) in [4.78, 5) is 13.5. The summed E-state index contributed by atoms with van der Waals surface area (Å²) in [7, 11) is 3.57. The largest absolute Gasteiger partial charge is 0.494 e. The van der Waals surface area contributed by atoms with E-state index in [2.05, 4.69) is 34.1 Å². The van der Waals surface area contributed by atoms with Crippen molar-refractivity contribution in [3.8, 4) is 16.9 Å². The second kappa shape index (κ2) is 8.10. The lowest BCUT2D eigenvalue weighted by Gasteiger charge is -2.22. The fraction of sp³-hybridized carbons (Fsp3) is 0.261. The van der Waals surface area contributed by atoms with Gasteiger partial charge in [0.05, 0.1) is 25.2 Å². The molecule has 1 atom stereocenters. The Balaban J connectivity index is 1.83. The average Bonchev–Trinajstić information content (AvgIpc) is 3.17. The normalized spacial score (nSPS) is 12.3. The molecule has 30 heavy (non-hydrogen) atoms. The van der Waals surface area contributed by atoms with E-state index in [1.165, 1.54) is 18.5 Å². The second-order valence-corrected chi connectivity index (χ2v) is 7.63. The predicted octanol–water partition coefficient (Wildman–Crippen LogP) is 4.99. The average molecular weight is 405 g/mol. The molecule has 0 aliphatic carbocycles. The smallest absolute Gasteiger partial charge is 0.145 e. The minimum Gasteiger partial charge on any atom is -0.494 e. The lowest BCUT2D eigenvalue weighted by molar-refractivity contribution is 0.419. The van der Waals surface area contributed by atoms with Gasteiger partial charge in [0.15, 0.2) is 0 Å². The Kier molecular flexibility index (Phi) is 5.35. The zero-order valence-electron chi connectivity index (χ0n) is 17.4. The fourth-order valence-electron chi connectivity index (χ4n) is 3.54. The molecule has 4 rings (SSSR count). The fourth-order valence-corrected chi connectivity index (χ4v) is 3.54. The highest BCUT2D eigenvalue weighted by Gasteiger charge is 2.21. The van der Waals surface area contributed by atoms with Gasteiger partial charge in [0.25, 0.3) is 0 Å². The Morgan fingerprint density at radius 1 is 1.03 bits per heavy atom. The van der Waals surface area contributed by atoms with E-state index in [0.717, 1.165) is 22.2 Å². The van der Waals surface area contributed by atoms with Crippen LogP contribution in [0.5, 0.6) is 5.75 Å². The van der Waals surface area contributed by atoms with Crippen LogP contribution in [-0.4, -0.2) is 26.6 Å². The topological polar surface area (TPSA) is 64.9 Å². The molecule has 4 aromatic rings. The number of anilines is 1. The summed E-state index contributed by atoms with van der Waals surface area (Å²) in [5.41, 5.74) is 3.44. The highest BCUT2D eigenvalue weighted by Crippen LogP contribution is 2.35. The van der Waals surface area contributed by atoms with Gasteiger partial charge in [-0.15, -0.1) is 0 Å². The Labute approximate surface area is 174 Å². The molecular weight excluding hydrogens is 381 g/mol. The van der Waals surface area contributed by atoms with Crippen LogP contribution < -0.4 is 10.1 Å². The van der Waals surface area contributed by atoms with Crippen LogP contribution in [0, 0.1) is 11.7 Å². The maximum absolute atomic E-state index is 13.4. The number of nitrogens with one attached hydrogen (secondary N) is 1. The SMILES string of the molecule is COc1cc(-c2ccc(F)cc2)cc2c(NC(c3cn(C)cn3)C(C)C)ncnc12. The van der Waals surface area contributed by atoms with E-state index in [9.17, 15) is 4.39 Å². The third-order valence-corrected chi connectivity index (χ3v) is 5.10. The molecule has 2 aromatic carbocycles. The third kappa shape index (κ3) is 3.83. The number of rotatable bonds is 6. The van der Waals surface area contributed by atoms with Crippen molar-refractivity contribution < 1.29 is 9.13 Å². The Bertz CT molecular complexity index is 1170. The summed E-state index contributed by atoms with van der Waals surface area (Å²) >= 11 is 0. The van der Waals surface area contributed by atoms with Crippen LogP contribution in [0.15, 0.2) is 55.2 Å². The molecule has 7 heteroatoms. The molecule has 0 amide bonds. The van der Waals surface area contributed by atoms with Crippen molar-refractivity contribution in [2.45, 2.75) is 19.9 Å². The summed E-state index contributed by atoms with van der Waals surface area (Å²) in [5, 5.41) is 4.38. The van der Waals surface area contributed by atoms with Crippen LogP contribution in [-0.2, 0) is 7.05 Å². The van der Waals surface area contributed by atoms with E-state index in [0.29, 0.717) is 17.1 Å². The van der Waals surface area contributed by atoms with Crippen LogP contribution >= 0.6 is 0 Å². The summed E-state index contributed by atoms with van der Waals surface area (Å²) in [6.07, 6.45) is 5.33. The molecule has 2 heterocycles. The van der Waals surface area contributed by atoms with Crippen LogP contribution in [0.25, 0.3) is 22.0 Å². The molecule has 0 saturated heterocycles. The van der Waals surface area contributed by atoms with Gasteiger partial charge in [-0.05, 0) is 41.3 Å². The summed E-state index contributed by atoms with van der Waals surface area (Å²) in [6, 6.07) is 10.3. The van der Waals surface area contributed by atoms with Gasteiger partial charge in [-0.2, -0.15) is 0 Å². The van der Waals surface area contributed by atoms with Crippen molar-refractivity contribution in [1.29, 1.82) is 0 Å². The number of nitrogens with zero attached hydrogens (tertiary/aromatic N) is 4. The molecule has 154 valence electrons. The molecule has 0 spiro atoms. The number of hydrogen-bond acceptors (Lipinski definition) is 5. The highest BCUT2D eigenvalue weighted by molar-refractivity contribution is 5.96. The summed E-state index contributed by atoms with van der Waals surface area (Å²) in [6.45, 7) is 4.28. The highest BCUT2D eigenvalue weighted by atomic mass is 19.1. The van der Waals surface area contributed by atoms with Crippen LogP contribution in [0.1, 0.15) is 25.6 Å². The zero-order chi connectivity index (χ0) is 21.3. The van der Waals surface area contributed by atoms with Crippen molar-refractivity contribution in [3.63, 3.8) is 0 Å². The van der Waals surface area contributed by atoms with Gasteiger partial charge >= 0.3 is 0 Å². The van der Waals surface area contributed by atoms with Crippen LogP contribution in [0.2, 0.25) is 0 Å². The maximum atomic E-state index is 13.4. The van der Waals surface area contributed by atoms with Crippen molar-refractivity contribution in [3.05, 3.63) is 66.8 Å². The molecule has 0 bridgehead atoms. The van der Waals surface area contributed by atoms with E-state index in [-0.39, 0.29) is 17.8 Å². The third-order valence-electron chi connectivity index (χ3n) is 5.10. The monoisotopic (exact) mass is 405 g/mol. The first kappa shape index (κ1) is 19.8. The van der Waals surface area contributed by atoms with E-state index >= 15 is 0 Å².